The molecular weight excluding hydrogens is 282 g/mol. The highest BCUT2D eigenvalue weighted by Crippen LogP contribution is 2.13. The normalized spacial score (nSPS) is 12.5. The fourth-order valence-electron chi connectivity index (χ4n) is 1.47. The van der Waals surface area contributed by atoms with E-state index in [2.05, 4.69) is 38.1 Å². The summed E-state index contributed by atoms with van der Waals surface area (Å²) in [5.41, 5.74) is 0. The van der Waals surface area contributed by atoms with Crippen LogP contribution in [0, 0.1) is 5.92 Å². The lowest BCUT2D eigenvalue weighted by Crippen LogP contribution is -2.08. The number of nitrogens with one attached hydrogen (secondary N) is 1. The van der Waals surface area contributed by atoms with Gasteiger partial charge in [0.25, 0.3) is 0 Å². The van der Waals surface area contributed by atoms with Crippen molar-refractivity contribution >= 4 is 21.7 Å². The lowest BCUT2D eigenvalue weighted by atomic mass is 10.1. The Kier molecular flexibility index (Phi) is 6.44. The molecule has 0 radical (unpaired) electrons. The molecule has 0 spiro atoms. The van der Waals surface area contributed by atoms with Crippen molar-refractivity contribution in [3.05, 3.63) is 16.5 Å². The quantitative estimate of drug-likeness (QED) is 0.600. The van der Waals surface area contributed by atoms with Crippen LogP contribution in [-0.4, -0.2) is 28.2 Å². The van der Waals surface area contributed by atoms with Gasteiger partial charge in [0.2, 0.25) is 0 Å². The predicted molar refractivity (Wildman–Crippen MR) is 73.1 cm³/mol. The molecule has 0 aliphatic carbocycles. The van der Waals surface area contributed by atoms with E-state index in [-0.39, 0.29) is 6.61 Å². The van der Waals surface area contributed by atoms with Gasteiger partial charge in [-0.2, -0.15) is 0 Å². The monoisotopic (exact) mass is 301 g/mol. The first-order valence-corrected chi connectivity index (χ1v) is 6.83. The van der Waals surface area contributed by atoms with Gasteiger partial charge < -0.3 is 10.4 Å². The Hall–Kier alpha value is -0.680. The number of aromatic nitrogens is 2. The molecule has 0 aliphatic heterocycles. The van der Waals surface area contributed by atoms with Crippen molar-refractivity contribution in [1.29, 1.82) is 0 Å². The molecule has 0 bridgehead atoms. The molecule has 1 rings (SSSR count). The van der Waals surface area contributed by atoms with Gasteiger partial charge in [-0.05, 0) is 34.7 Å². The minimum atomic E-state index is 0.263. The number of anilines is 1. The zero-order chi connectivity index (χ0) is 12.7. The average Bonchev–Trinajstić information content (AvgIpc) is 2.33. The lowest BCUT2D eigenvalue weighted by molar-refractivity contribution is 0.229. The molecule has 0 aromatic carbocycles. The highest BCUT2D eigenvalue weighted by atomic mass is 79.9. The third-order valence-electron chi connectivity index (χ3n) is 2.55. The van der Waals surface area contributed by atoms with Crippen LogP contribution >= 0.6 is 15.9 Å². The highest BCUT2D eigenvalue weighted by Gasteiger charge is 2.02. The molecular formula is C12H20BrN3O. The second kappa shape index (κ2) is 7.61. The molecule has 5 heteroatoms. The van der Waals surface area contributed by atoms with Crippen LogP contribution in [0.2, 0.25) is 0 Å². The SMILES string of the molecule is CCc1nc(Br)cc(NCCCC(C)CO)n1. The predicted octanol–water partition coefficient (Wildman–Crippen LogP) is 2.62. The van der Waals surface area contributed by atoms with Crippen molar-refractivity contribution in [3.63, 3.8) is 0 Å². The Balaban J connectivity index is 2.38. The Labute approximate surface area is 111 Å². The summed E-state index contributed by atoms with van der Waals surface area (Å²) in [6.07, 6.45) is 2.89. The van der Waals surface area contributed by atoms with Crippen LogP contribution in [0.3, 0.4) is 0 Å². The number of aliphatic hydroxyl groups is 1. The van der Waals surface area contributed by atoms with Crippen molar-refractivity contribution in [2.45, 2.75) is 33.1 Å². The molecule has 0 saturated carbocycles. The van der Waals surface area contributed by atoms with Gasteiger partial charge in [0, 0.05) is 25.6 Å². The van der Waals surface area contributed by atoms with Crippen molar-refractivity contribution in [2.75, 3.05) is 18.5 Å². The average molecular weight is 302 g/mol. The van der Waals surface area contributed by atoms with Gasteiger partial charge in [-0.15, -0.1) is 0 Å². The molecule has 1 aromatic heterocycles. The number of halogens is 1. The topological polar surface area (TPSA) is 58.0 Å². The number of nitrogens with zero attached hydrogens (tertiary/aromatic N) is 2. The number of rotatable bonds is 7. The summed E-state index contributed by atoms with van der Waals surface area (Å²) >= 11 is 3.37. The summed E-state index contributed by atoms with van der Waals surface area (Å²) in [7, 11) is 0. The zero-order valence-corrected chi connectivity index (χ0v) is 12.0. The summed E-state index contributed by atoms with van der Waals surface area (Å²) in [4.78, 5) is 8.64. The van der Waals surface area contributed by atoms with Gasteiger partial charge in [0.1, 0.15) is 16.2 Å². The van der Waals surface area contributed by atoms with Crippen molar-refractivity contribution in [2.24, 2.45) is 5.92 Å². The Morgan fingerprint density at radius 1 is 1.47 bits per heavy atom. The van der Waals surface area contributed by atoms with Crippen LogP contribution < -0.4 is 5.32 Å². The van der Waals surface area contributed by atoms with E-state index in [1.54, 1.807) is 0 Å². The fraction of sp³-hybridized carbons (Fsp3) is 0.667. The lowest BCUT2D eigenvalue weighted by Gasteiger charge is -2.09. The number of aryl methyl sites for hydroxylation is 1. The smallest absolute Gasteiger partial charge is 0.131 e. The van der Waals surface area contributed by atoms with Gasteiger partial charge in [-0.25, -0.2) is 9.97 Å². The van der Waals surface area contributed by atoms with E-state index in [0.717, 1.165) is 42.1 Å². The van der Waals surface area contributed by atoms with Crippen LogP contribution in [0.5, 0.6) is 0 Å². The first kappa shape index (κ1) is 14.4. The Bertz CT molecular complexity index is 347. The fourth-order valence-corrected chi connectivity index (χ4v) is 1.89. The second-order valence-corrected chi connectivity index (χ2v) is 5.01. The summed E-state index contributed by atoms with van der Waals surface area (Å²) in [6.45, 7) is 5.22. The molecule has 1 unspecified atom stereocenters. The van der Waals surface area contributed by atoms with E-state index in [0.29, 0.717) is 5.92 Å². The van der Waals surface area contributed by atoms with Gasteiger partial charge >= 0.3 is 0 Å². The van der Waals surface area contributed by atoms with Crippen LogP contribution in [0.25, 0.3) is 0 Å². The van der Waals surface area contributed by atoms with E-state index in [1.165, 1.54) is 0 Å². The number of hydrogen-bond donors (Lipinski definition) is 2. The van der Waals surface area contributed by atoms with Crippen LogP contribution in [0.1, 0.15) is 32.5 Å². The minimum absolute atomic E-state index is 0.263. The summed E-state index contributed by atoms with van der Waals surface area (Å²) in [5.74, 6) is 2.08. The number of hydrogen-bond acceptors (Lipinski definition) is 4. The molecule has 1 heterocycles. The van der Waals surface area contributed by atoms with E-state index in [9.17, 15) is 0 Å². The second-order valence-electron chi connectivity index (χ2n) is 4.20. The van der Waals surface area contributed by atoms with Gasteiger partial charge in [-0.3, -0.25) is 0 Å². The summed E-state index contributed by atoms with van der Waals surface area (Å²) < 4.78 is 0.815. The van der Waals surface area contributed by atoms with E-state index >= 15 is 0 Å². The molecule has 4 nitrogen and oxygen atoms in total. The standard InChI is InChI=1S/C12H20BrN3O/c1-3-11-15-10(13)7-12(16-11)14-6-4-5-9(2)8-17/h7,9,17H,3-6,8H2,1-2H3,(H,14,15,16). The van der Waals surface area contributed by atoms with E-state index < -0.39 is 0 Å². The molecule has 0 amide bonds. The Morgan fingerprint density at radius 3 is 2.88 bits per heavy atom. The van der Waals surface area contributed by atoms with Crippen LogP contribution in [0.4, 0.5) is 5.82 Å². The van der Waals surface area contributed by atoms with E-state index in [4.69, 9.17) is 5.11 Å². The maximum atomic E-state index is 8.91. The van der Waals surface area contributed by atoms with Crippen molar-refractivity contribution in [1.82, 2.24) is 9.97 Å². The van der Waals surface area contributed by atoms with Crippen molar-refractivity contribution in [3.8, 4) is 0 Å². The molecule has 1 aromatic rings. The molecule has 96 valence electrons. The van der Waals surface area contributed by atoms with Crippen molar-refractivity contribution < 1.29 is 5.11 Å². The largest absolute Gasteiger partial charge is 0.396 e. The first-order valence-electron chi connectivity index (χ1n) is 6.04. The molecule has 1 atom stereocenters. The van der Waals surface area contributed by atoms with Gasteiger partial charge in [-0.1, -0.05) is 13.8 Å². The first-order chi connectivity index (χ1) is 8.15. The molecule has 0 saturated heterocycles. The maximum Gasteiger partial charge on any atom is 0.131 e. The molecule has 0 fully saturated rings. The van der Waals surface area contributed by atoms with Crippen LogP contribution in [0.15, 0.2) is 10.7 Å². The van der Waals surface area contributed by atoms with Gasteiger partial charge in [0.05, 0.1) is 0 Å². The number of aliphatic hydroxyl groups excluding tert-OH is 1. The third-order valence-corrected chi connectivity index (χ3v) is 2.96. The van der Waals surface area contributed by atoms with Gasteiger partial charge in [0.15, 0.2) is 0 Å². The highest BCUT2D eigenvalue weighted by molar-refractivity contribution is 9.10. The molecule has 17 heavy (non-hydrogen) atoms. The van der Waals surface area contributed by atoms with E-state index in [1.807, 2.05) is 13.0 Å². The maximum absolute atomic E-state index is 8.91. The summed E-state index contributed by atoms with van der Waals surface area (Å²) in [5, 5.41) is 12.2. The van der Waals surface area contributed by atoms with Crippen LogP contribution in [-0.2, 0) is 6.42 Å². The Morgan fingerprint density at radius 2 is 2.24 bits per heavy atom. The zero-order valence-electron chi connectivity index (χ0n) is 10.4. The third kappa shape index (κ3) is 5.46. The molecule has 0 aliphatic rings. The minimum Gasteiger partial charge on any atom is -0.396 e. The summed E-state index contributed by atoms with van der Waals surface area (Å²) in [6, 6.07) is 1.88. The molecule has 2 N–H and O–H groups in total.